The summed E-state index contributed by atoms with van der Waals surface area (Å²) in [6, 6.07) is 10.7. The molecule has 0 unspecified atom stereocenters. The van der Waals surface area contributed by atoms with Crippen LogP contribution in [-0.4, -0.2) is 14.5 Å². The maximum absolute atomic E-state index is 13.0. The van der Waals surface area contributed by atoms with Crippen LogP contribution in [0.2, 0.25) is 0 Å². The van der Waals surface area contributed by atoms with E-state index in [-0.39, 0.29) is 5.82 Å². The molecule has 0 spiro atoms. The van der Waals surface area contributed by atoms with Crippen LogP contribution < -0.4 is 0 Å². The molecule has 2 aromatic heterocycles. The second-order valence-electron chi connectivity index (χ2n) is 5.34. The fourth-order valence-electron chi connectivity index (χ4n) is 2.22. The number of hydrogen-bond donors (Lipinski definition) is 0. The van der Waals surface area contributed by atoms with E-state index in [1.807, 2.05) is 26.0 Å². The maximum Gasteiger partial charge on any atom is 0.434 e. The van der Waals surface area contributed by atoms with Gasteiger partial charge in [0.1, 0.15) is 5.82 Å². The minimum Gasteiger partial charge on any atom is -0.299 e. The Morgan fingerprint density at radius 3 is 2.22 bits per heavy atom. The average molecular weight is 317 g/mol. The van der Waals surface area contributed by atoms with Gasteiger partial charge in [0.25, 0.3) is 0 Å². The second-order valence-corrected chi connectivity index (χ2v) is 5.34. The molecule has 2 heterocycles. The lowest BCUT2D eigenvalue weighted by atomic mass is 10.2. The largest absolute Gasteiger partial charge is 0.434 e. The molecule has 0 saturated carbocycles. The van der Waals surface area contributed by atoms with E-state index < -0.39 is 11.9 Å². The van der Waals surface area contributed by atoms with Crippen molar-refractivity contribution in [3.05, 3.63) is 65.7 Å². The zero-order chi connectivity index (χ0) is 16.6. The molecule has 23 heavy (non-hydrogen) atoms. The third-order valence-corrected chi connectivity index (χ3v) is 3.48. The van der Waals surface area contributed by atoms with Gasteiger partial charge in [-0.15, -0.1) is 0 Å². The van der Waals surface area contributed by atoms with Crippen LogP contribution >= 0.6 is 0 Å². The van der Waals surface area contributed by atoms with E-state index in [2.05, 4.69) is 9.97 Å². The van der Waals surface area contributed by atoms with Gasteiger partial charge in [-0.25, -0.2) is 4.98 Å². The summed E-state index contributed by atoms with van der Waals surface area (Å²) in [6.07, 6.45) is -1.95. The fraction of sp³-hybridized carbons (Fsp3) is 0.176. The lowest BCUT2D eigenvalue weighted by Gasteiger charge is -2.08. The first-order valence-electron chi connectivity index (χ1n) is 7.01. The highest BCUT2D eigenvalue weighted by Crippen LogP contribution is 2.32. The lowest BCUT2D eigenvalue weighted by Crippen LogP contribution is -2.05. The van der Waals surface area contributed by atoms with Crippen molar-refractivity contribution in [1.29, 1.82) is 0 Å². The molecule has 0 saturated heterocycles. The highest BCUT2D eigenvalue weighted by Gasteiger charge is 2.35. The first-order chi connectivity index (χ1) is 10.8. The minimum atomic E-state index is -4.50. The summed E-state index contributed by atoms with van der Waals surface area (Å²) in [5, 5.41) is 0. The molecule has 0 N–H and O–H groups in total. The summed E-state index contributed by atoms with van der Waals surface area (Å²) in [7, 11) is 0. The van der Waals surface area contributed by atoms with Gasteiger partial charge in [-0.05, 0) is 38.1 Å². The molecular weight excluding hydrogens is 303 g/mol. The van der Waals surface area contributed by atoms with Gasteiger partial charge < -0.3 is 0 Å². The standard InChI is InChI=1S/C17H14F3N3/c1-11-3-7-14(8-4-11)23-10-15(17(18,19)20)22-16(23)13-6-5-12(2)21-9-13/h3-10H,1-2H3. The van der Waals surface area contributed by atoms with Crippen LogP contribution in [0.3, 0.4) is 0 Å². The molecule has 0 aliphatic heterocycles. The molecule has 118 valence electrons. The predicted octanol–water partition coefficient (Wildman–Crippen LogP) is 4.57. The Kier molecular flexibility index (Phi) is 3.67. The number of pyridine rings is 1. The summed E-state index contributed by atoms with van der Waals surface area (Å²) in [6.45, 7) is 3.74. The van der Waals surface area contributed by atoms with Crippen LogP contribution in [0.25, 0.3) is 17.1 Å². The predicted molar refractivity (Wildman–Crippen MR) is 81.3 cm³/mol. The average Bonchev–Trinajstić information content (AvgIpc) is 2.94. The number of rotatable bonds is 2. The highest BCUT2D eigenvalue weighted by molar-refractivity contribution is 5.58. The van der Waals surface area contributed by atoms with Crippen LogP contribution in [0, 0.1) is 13.8 Å². The number of halogens is 3. The topological polar surface area (TPSA) is 30.7 Å². The molecule has 0 amide bonds. The van der Waals surface area contributed by atoms with Gasteiger partial charge in [-0.1, -0.05) is 17.7 Å². The van der Waals surface area contributed by atoms with E-state index in [1.165, 1.54) is 10.8 Å². The van der Waals surface area contributed by atoms with Gasteiger partial charge in [0.05, 0.1) is 0 Å². The molecule has 6 heteroatoms. The smallest absolute Gasteiger partial charge is 0.299 e. The minimum absolute atomic E-state index is 0.216. The van der Waals surface area contributed by atoms with Crippen molar-refractivity contribution in [3.8, 4) is 17.1 Å². The summed E-state index contributed by atoms with van der Waals surface area (Å²) in [5.41, 5.74) is 2.05. The van der Waals surface area contributed by atoms with Gasteiger partial charge >= 0.3 is 6.18 Å². The quantitative estimate of drug-likeness (QED) is 0.693. The van der Waals surface area contributed by atoms with Gasteiger partial charge in [0, 0.05) is 29.3 Å². The SMILES string of the molecule is Cc1ccc(-n2cc(C(F)(F)F)nc2-c2ccc(C)nc2)cc1. The number of aryl methyl sites for hydroxylation is 2. The first-order valence-corrected chi connectivity index (χ1v) is 7.01. The molecule has 1 aromatic carbocycles. The van der Waals surface area contributed by atoms with E-state index in [0.29, 0.717) is 11.3 Å². The number of nitrogens with zero attached hydrogens (tertiary/aromatic N) is 3. The number of aromatic nitrogens is 3. The first kappa shape index (κ1) is 15.3. The molecule has 3 nitrogen and oxygen atoms in total. The van der Waals surface area contributed by atoms with Crippen molar-refractivity contribution < 1.29 is 13.2 Å². The van der Waals surface area contributed by atoms with Crippen LogP contribution in [0.1, 0.15) is 17.0 Å². The number of alkyl halides is 3. The Morgan fingerprint density at radius 2 is 1.65 bits per heavy atom. The molecule has 0 aliphatic rings. The molecule has 0 fully saturated rings. The number of imidazole rings is 1. The third kappa shape index (κ3) is 3.11. The zero-order valence-corrected chi connectivity index (χ0v) is 12.6. The molecule has 3 aromatic rings. The van der Waals surface area contributed by atoms with Gasteiger partial charge in [0.2, 0.25) is 0 Å². The fourth-order valence-corrected chi connectivity index (χ4v) is 2.22. The van der Waals surface area contributed by atoms with Crippen molar-refractivity contribution in [2.24, 2.45) is 0 Å². The van der Waals surface area contributed by atoms with Gasteiger partial charge in [-0.2, -0.15) is 13.2 Å². The molecular formula is C17H14F3N3. The maximum atomic E-state index is 13.0. The van der Waals surface area contributed by atoms with E-state index in [4.69, 9.17) is 0 Å². The second kappa shape index (κ2) is 5.53. The lowest BCUT2D eigenvalue weighted by molar-refractivity contribution is -0.140. The summed E-state index contributed by atoms with van der Waals surface area (Å²) >= 11 is 0. The van der Waals surface area contributed by atoms with Crippen LogP contribution in [0.4, 0.5) is 13.2 Å². The van der Waals surface area contributed by atoms with Crippen molar-refractivity contribution in [1.82, 2.24) is 14.5 Å². The van der Waals surface area contributed by atoms with Crippen molar-refractivity contribution >= 4 is 0 Å². The van der Waals surface area contributed by atoms with Crippen LogP contribution in [-0.2, 0) is 6.18 Å². The van der Waals surface area contributed by atoms with Crippen LogP contribution in [0.15, 0.2) is 48.8 Å². The Morgan fingerprint density at radius 1 is 0.957 bits per heavy atom. The van der Waals surface area contributed by atoms with E-state index in [0.717, 1.165) is 17.5 Å². The Hall–Kier alpha value is -2.63. The third-order valence-electron chi connectivity index (χ3n) is 3.48. The van der Waals surface area contributed by atoms with E-state index in [9.17, 15) is 13.2 Å². The van der Waals surface area contributed by atoms with Crippen molar-refractivity contribution in [2.45, 2.75) is 20.0 Å². The van der Waals surface area contributed by atoms with Gasteiger partial charge in [-0.3, -0.25) is 9.55 Å². The van der Waals surface area contributed by atoms with E-state index >= 15 is 0 Å². The molecule has 0 atom stereocenters. The zero-order valence-electron chi connectivity index (χ0n) is 12.6. The molecule has 0 aliphatic carbocycles. The number of benzene rings is 1. The summed E-state index contributed by atoms with van der Waals surface area (Å²) in [5.74, 6) is 0.216. The highest BCUT2D eigenvalue weighted by atomic mass is 19.4. The molecule has 3 rings (SSSR count). The Bertz CT molecular complexity index is 753. The van der Waals surface area contributed by atoms with Crippen molar-refractivity contribution in [3.63, 3.8) is 0 Å². The van der Waals surface area contributed by atoms with Crippen LogP contribution in [0.5, 0.6) is 0 Å². The summed E-state index contributed by atoms with van der Waals surface area (Å²) < 4.78 is 40.6. The molecule has 0 bridgehead atoms. The Labute approximate surface area is 131 Å². The van der Waals surface area contributed by atoms with Crippen molar-refractivity contribution in [2.75, 3.05) is 0 Å². The van der Waals surface area contributed by atoms with E-state index in [1.54, 1.807) is 24.3 Å². The monoisotopic (exact) mass is 317 g/mol. The Balaban J connectivity index is 2.18. The normalized spacial score (nSPS) is 11.7. The van der Waals surface area contributed by atoms with Gasteiger partial charge in [0.15, 0.2) is 5.69 Å². The summed E-state index contributed by atoms with van der Waals surface area (Å²) in [4.78, 5) is 7.92. The number of hydrogen-bond acceptors (Lipinski definition) is 2. The molecule has 0 radical (unpaired) electrons.